The van der Waals surface area contributed by atoms with Crippen molar-refractivity contribution in [2.75, 3.05) is 14.2 Å². The summed E-state index contributed by atoms with van der Waals surface area (Å²) in [4.78, 5) is 31.6. The predicted octanol–water partition coefficient (Wildman–Crippen LogP) is 4.75. The first kappa shape index (κ1) is 22.8. The molecule has 5 rings (SSSR count). The van der Waals surface area contributed by atoms with Crippen LogP contribution in [-0.2, 0) is 9.59 Å². The summed E-state index contributed by atoms with van der Waals surface area (Å²) in [6.07, 6.45) is 2.41. The number of fused-ring (bicyclic) bond motifs is 2. The maximum absolute atomic E-state index is 13.8. The first-order valence-electron chi connectivity index (χ1n) is 12.3. The third kappa shape index (κ3) is 3.83. The van der Waals surface area contributed by atoms with Crippen molar-refractivity contribution in [3.05, 3.63) is 59.7 Å². The molecule has 0 aromatic heterocycles. The molecule has 0 N–H and O–H groups in total. The van der Waals surface area contributed by atoms with E-state index in [1.165, 1.54) is 0 Å². The highest BCUT2D eigenvalue weighted by molar-refractivity contribution is 5.84. The number of hydrogen-bond donors (Lipinski definition) is 0. The molecule has 2 aromatic rings. The van der Waals surface area contributed by atoms with Gasteiger partial charge < -0.3 is 19.3 Å². The van der Waals surface area contributed by atoms with Crippen molar-refractivity contribution in [3.63, 3.8) is 0 Å². The number of nitrogens with zero attached hydrogens (tertiary/aromatic N) is 2. The predicted molar refractivity (Wildman–Crippen MR) is 130 cm³/mol. The zero-order valence-corrected chi connectivity index (χ0v) is 20.4. The monoisotopic (exact) mass is 462 g/mol. The van der Waals surface area contributed by atoms with E-state index in [1.54, 1.807) is 14.2 Å². The van der Waals surface area contributed by atoms with Crippen molar-refractivity contribution < 1.29 is 19.1 Å². The quantitative estimate of drug-likeness (QED) is 0.658. The maximum atomic E-state index is 13.8. The minimum Gasteiger partial charge on any atom is -0.497 e. The summed E-state index contributed by atoms with van der Waals surface area (Å²) in [5, 5.41) is 0. The molecule has 2 amide bonds. The van der Waals surface area contributed by atoms with Gasteiger partial charge in [0.1, 0.15) is 11.5 Å². The summed E-state index contributed by atoms with van der Waals surface area (Å²) < 4.78 is 10.9. The Morgan fingerprint density at radius 2 is 1.12 bits per heavy atom. The SMILES string of the molecule is COc1cccc(C2C(C)CC3CC(=O)N4C(CC(=O)N32)CC(C)C4c2cccc(OC)c2)c1. The Morgan fingerprint density at radius 1 is 0.706 bits per heavy atom. The van der Waals surface area contributed by atoms with Gasteiger partial charge in [-0.05, 0) is 60.1 Å². The minimum absolute atomic E-state index is 0.0278. The Labute approximate surface area is 201 Å². The van der Waals surface area contributed by atoms with Gasteiger partial charge in [0.15, 0.2) is 0 Å². The van der Waals surface area contributed by atoms with Gasteiger partial charge in [0, 0.05) is 24.9 Å². The number of rotatable bonds is 4. The minimum atomic E-state index is -0.0750. The topological polar surface area (TPSA) is 59.1 Å². The molecule has 3 heterocycles. The third-order valence-electron chi connectivity index (χ3n) is 8.02. The molecule has 34 heavy (non-hydrogen) atoms. The van der Waals surface area contributed by atoms with Crippen LogP contribution in [0.4, 0.5) is 0 Å². The summed E-state index contributed by atoms with van der Waals surface area (Å²) in [6, 6.07) is 15.8. The van der Waals surface area contributed by atoms with Crippen molar-refractivity contribution >= 4 is 11.8 Å². The summed E-state index contributed by atoms with van der Waals surface area (Å²) >= 11 is 0. The van der Waals surface area contributed by atoms with Gasteiger partial charge in [0.2, 0.25) is 11.8 Å². The molecule has 0 spiro atoms. The molecule has 3 aliphatic rings. The van der Waals surface area contributed by atoms with Gasteiger partial charge in [-0.1, -0.05) is 38.1 Å². The number of methoxy groups -OCH3 is 2. The molecule has 3 aliphatic heterocycles. The fraction of sp³-hybridized carbons (Fsp3) is 0.500. The molecular formula is C28H34N2O4. The van der Waals surface area contributed by atoms with Gasteiger partial charge in [-0.15, -0.1) is 0 Å². The average molecular weight is 463 g/mol. The van der Waals surface area contributed by atoms with Crippen LogP contribution in [0.1, 0.15) is 62.7 Å². The lowest BCUT2D eigenvalue weighted by Gasteiger charge is -2.39. The van der Waals surface area contributed by atoms with Crippen LogP contribution in [0.25, 0.3) is 0 Å². The molecule has 0 bridgehead atoms. The molecule has 6 atom stereocenters. The van der Waals surface area contributed by atoms with Crippen molar-refractivity contribution in [1.82, 2.24) is 9.80 Å². The van der Waals surface area contributed by atoms with E-state index >= 15 is 0 Å². The van der Waals surface area contributed by atoms with Gasteiger partial charge in [-0.25, -0.2) is 0 Å². The number of benzene rings is 2. The molecule has 3 fully saturated rings. The molecule has 3 saturated heterocycles. The number of amides is 2. The first-order chi connectivity index (χ1) is 16.4. The lowest BCUT2D eigenvalue weighted by atomic mass is 9.93. The fourth-order valence-electron chi connectivity index (χ4n) is 6.67. The molecule has 0 aliphatic carbocycles. The van der Waals surface area contributed by atoms with Gasteiger partial charge in [-0.3, -0.25) is 9.59 Å². The Balaban J connectivity index is 1.46. The van der Waals surface area contributed by atoms with Crippen molar-refractivity contribution in [1.29, 1.82) is 0 Å². The van der Waals surface area contributed by atoms with Crippen LogP contribution in [0.15, 0.2) is 48.5 Å². The van der Waals surface area contributed by atoms with Crippen LogP contribution in [0.2, 0.25) is 0 Å². The zero-order chi connectivity index (χ0) is 24.0. The number of ether oxygens (including phenoxy) is 2. The number of carbonyl (C=O) groups excluding carboxylic acids is 2. The highest BCUT2D eigenvalue weighted by atomic mass is 16.5. The van der Waals surface area contributed by atoms with Crippen LogP contribution in [0.5, 0.6) is 11.5 Å². The second-order valence-corrected chi connectivity index (χ2v) is 10.2. The van der Waals surface area contributed by atoms with E-state index in [4.69, 9.17) is 9.47 Å². The Kier molecular flexibility index (Phi) is 6.00. The molecule has 6 unspecified atom stereocenters. The van der Waals surface area contributed by atoms with E-state index in [9.17, 15) is 9.59 Å². The first-order valence-corrected chi connectivity index (χ1v) is 12.3. The van der Waals surface area contributed by atoms with Crippen molar-refractivity contribution in [3.8, 4) is 11.5 Å². The Bertz CT molecular complexity index is 1000. The van der Waals surface area contributed by atoms with E-state index in [1.807, 2.05) is 46.2 Å². The standard InChI is InChI=1S/C28H34N2O4/c1-17-11-21-15-26(32)30-22(12-18(2)28(30)20-8-6-10-24(14-20)34-4)16-25(31)29(21)27(17)19-7-5-9-23(13-19)33-3/h5-10,13-14,17-18,21-22,27-28H,11-12,15-16H2,1-4H3. The van der Waals surface area contributed by atoms with Crippen LogP contribution >= 0.6 is 0 Å². The molecule has 0 saturated carbocycles. The zero-order valence-electron chi connectivity index (χ0n) is 20.4. The van der Waals surface area contributed by atoms with Crippen molar-refractivity contribution in [2.45, 2.75) is 63.7 Å². The average Bonchev–Trinajstić information content (AvgIpc) is 3.33. The summed E-state index contributed by atoms with van der Waals surface area (Å²) in [6.45, 7) is 4.38. The smallest absolute Gasteiger partial charge is 0.225 e. The molecule has 180 valence electrons. The fourth-order valence-corrected chi connectivity index (χ4v) is 6.67. The molecule has 6 nitrogen and oxygen atoms in total. The lowest BCUT2D eigenvalue weighted by Crippen LogP contribution is -2.49. The summed E-state index contributed by atoms with van der Waals surface area (Å²) in [7, 11) is 3.32. The summed E-state index contributed by atoms with van der Waals surface area (Å²) in [5.41, 5.74) is 2.17. The van der Waals surface area contributed by atoms with Gasteiger partial charge in [0.25, 0.3) is 0 Å². The largest absolute Gasteiger partial charge is 0.497 e. The highest BCUT2D eigenvalue weighted by Gasteiger charge is 2.50. The Hall–Kier alpha value is -3.02. The third-order valence-corrected chi connectivity index (χ3v) is 8.02. The van der Waals surface area contributed by atoms with Crippen LogP contribution in [0.3, 0.4) is 0 Å². The van der Waals surface area contributed by atoms with Crippen LogP contribution in [-0.4, -0.2) is 47.9 Å². The normalized spacial score (nSPS) is 31.1. The van der Waals surface area contributed by atoms with Gasteiger partial charge in [0.05, 0.1) is 26.3 Å². The highest BCUT2D eigenvalue weighted by Crippen LogP contribution is 2.48. The van der Waals surface area contributed by atoms with Gasteiger partial charge >= 0.3 is 0 Å². The van der Waals surface area contributed by atoms with Crippen LogP contribution in [0, 0.1) is 11.8 Å². The van der Waals surface area contributed by atoms with E-state index in [-0.39, 0.29) is 47.8 Å². The van der Waals surface area contributed by atoms with E-state index in [0.29, 0.717) is 12.8 Å². The van der Waals surface area contributed by atoms with E-state index in [2.05, 4.69) is 26.0 Å². The van der Waals surface area contributed by atoms with E-state index in [0.717, 1.165) is 35.5 Å². The van der Waals surface area contributed by atoms with E-state index < -0.39 is 0 Å². The number of hydrogen-bond acceptors (Lipinski definition) is 4. The molecular weight excluding hydrogens is 428 g/mol. The molecule has 2 aromatic carbocycles. The number of carbonyl (C=O) groups is 2. The molecule has 6 heteroatoms. The van der Waals surface area contributed by atoms with Crippen LogP contribution < -0.4 is 9.47 Å². The second kappa shape index (κ2) is 8.97. The Morgan fingerprint density at radius 3 is 1.50 bits per heavy atom. The summed E-state index contributed by atoms with van der Waals surface area (Å²) in [5.74, 6) is 2.44. The lowest BCUT2D eigenvalue weighted by molar-refractivity contribution is -0.145. The molecule has 0 radical (unpaired) electrons. The van der Waals surface area contributed by atoms with Crippen molar-refractivity contribution in [2.24, 2.45) is 11.8 Å². The second-order valence-electron chi connectivity index (χ2n) is 10.2. The maximum Gasteiger partial charge on any atom is 0.225 e. The van der Waals surface area contributed by atoms with Gasteiger partial charge in [-0.2, -0.15) is 0 Å².